The van der Waals surface area contributed by atoms with Gasteiger partial charge in [0.25, 0.3) is 0 Å². The highest BCUT2D eigenvalue weighted by Crippen LogP contribution is 2.39. The maximum Gasteiger partial charge on any atom is 0.0167 e. The van der Waals surface area contributed by atoms with E-state index in [1.807, 2.05) is 0 Å². The lowest BCUT2D eigenvalue weighted by molar-refractivity contribution is 0.140. The van der Waals surface area contributed by atoms with Gasteiger partial charge in [0.1, 0.15) is 0 Å². The number of unbranched alkanes of at least 4 members (excludes halogenated alkanes) is 2. The number of hydrogen-bond donors (Lipinski definition) is 0. The summed E-state index contributed by atoms with van der Waals surface area (Å²) in [7, 11) is 0. The molecule has 2 aliphatic rings. The van der Waals surface area contributed by atoms with Gasteiger partial charge in [0.05, 0.1) is 0 Å². The van der Waals surface area contributed by atoms with Gasteiger partial charge in [0, 0.05) is 32.7 Å². The summed E-state index contributed by atoms with van der Waals surface area (Å²) in [6.07, 6.45) is 17.3. The Bertz CT molecular complexity index is 786. The van der Waals surface area contributed by atoms with Gasteiger partial charge in [-0.25, -0.2) is 0 Å². The van der Waals surface area contributed by atoms with Crippen molar-refractivity contribution in [3.63, 3.8) is 0 Å². The summed E-state index contributed by atoms with van der Waals surface area (Å²) >= 11 is 0. The fourth-order valence-corrected chi connectivity index (χ4v) is 5.89. The van der Waals surface area contributed by atoms with Crippen LogP contribution in [0.4, 0.5) is 0 Å². The molecular formula is C31H44N2. The Morgan fingerprint density at radius 2 is 1.39 bits per heavy atom. The first-order chi connectivity index (χ1) is 16.4. The van der Waals surface area contributed by atoms with Crippen LogP contribution in [-0.2, 0) is 0 Å². The molecule has 1 unspecified atom stereocenters. The number of benzene rings is 2. The Morgan fingerprint density at radius 3 is 2.12 bits per heavy atom. The smallest absolute Gasteiger partial charge is 0.0167 e. The third kappa shape index (κ3) is 8.12. The highest BCUT2D eigenvalue weighted by molar-refractivity contribution is 5.48. The van der Waals surface area contributed by atoms with E-state index in [2.05, 4.69) is 82.6 Å². The molecule has 1 aliphatic carbocycles. The standard InChI is InChI=1S/C31H44N2/c1-5-14-28(15-6-1)16-13-23-33-26-24-32(25-27-33)22-12-4-11-21-31(29-17-7-2-8-18-29)30-19-9-3-10-20-30/h1-2,5-8,13-18,30-31H,3-4,9-12,19-27H2. The largest absolute Gasteiger partial charge is 0.301 e. The molecule has 2 nitrogen and oxygen atoms in total. The van der Waals surface area contributed by atoms with Crippen LogP contribution in [0.15, 0.2) is 66.7 Å². The molecule has 2 aromatic carbocycles. The van der Waals surface area contributed by atoms with Crippen LogP contribution < -0.4 is 0 Å². The zero-order chi connectivity index (χ0) is 22.6. The van der Waals surface area contributed by atoms with Crippen molar-refractivity contribution >= 4 is 6.08 Å². The van der Waals surface area contributed by atoms with E-state index in [1.165, 1.54) is 96.1 Å². The summed E-state index contributed by atoms with van der Waals surface area (Å²) in [5, 5.41) is 0. The Morgan fingerprint density at radius 1 is 0.727 bits per heavy atom. The molecule has 4 rings (SSSR count). The number of piperazine rings is 1. The monoisotopic (exact) mass is 444 g/mol. The molecule has 0 amide bonds. The van der Waals surface area contributed by atoms with Gasteiger partial charge in [-0.1, -0.05) is 105 Å². The normalized spacial score (nSPS) is 19.8. The molecular weight excluding hydrogens is 400 g/mol. The molecule has 1 atom stereocenters. The highest BCUT2D eigenvalue weighted by Gasteiger charge is 2.24. The molecule has 2 heteroatoms. The van der Waals surface area contributed by atoms with Crippen LogP contribution in [0.5, 0.6) is 0 Å². The third-order valence-corrected chi connectivity index (χ3v) is 7.87. The van der Waals surface area contributed by atoms with Gasteiger partial charge in [-0.3, -0.25) is 4.90 Å². The van der Waals surface area contributed by atoms with E-state index < -0.39 is 0 Å². The molecule has 1 saturated heterocycles. The summed E-state index contributed by atoms with van der Waals surface area (Å²) in [5.74, 6) is 1.71. The van der Waals surface area contributed by atoms with Crippen LogP contribution in [0.2, 0.25) is 0 Å². The van der Waals surface area contributed by atoms with Crippen LogP contribution in [0, 0.1) is 5.92 Å². The van der Waals surface area contributed by atoms with E-state index >= 15 is 0 Å². The first-order valence-corrected chi connectivity index (χ1v) is 13.6. The Balaban J connectivity index is 1.11. The SMILES string of the molecule is C(=Cc1ccccc1)CN1CCN(CCCCCC(c2ccccc2)C2CCCCC2)CC1. The molecule has 0 N–H and O–H groups in total. The lowest BCUT2D eigenvalue weighted by atomic mass is 9.74. The predicted octanol–water partition coefficient (Wildman–Crippen LogP) is 7.24. The van der Waals surface area contributed by atoms with E-state index in [0.29, 0.717) is 0 Å². The van der Waals surface area contributed by atoms with E-state index in [1.54, 1.807) is 5.56 Å². The Hall–Kier alpha value is -1.90. The summed E-state index contributed by atoms with van der Waals surface area (Å²) in [4.78, 5) is 5.28. The van der Waals surface area contributed by atoms with Crippen molar-refractivity contribution in [3.05, 3.63) is 77.9 Å². The van der Waals surface area contributed by atoms with Crippen LogP contribution in [-0.4, -0.2) is 49.1 Å². The predicted molar refractivity (Wildman–Crippen MR) is 143 cm³/mol. The minimum Gasteiger partial charge on any atom is -0.301 e. The topological polar surface area (TPSA) is 6.48 Å². The number of nitrogens with zero attached hydrogens (tertiary/aromatic N) is 2. The number of hydrogen-bond acceptors (Lipinski definition) is 2. The first-order valence-electron chi connectivity index (χ1n) is 13.6. The van der Waals surface area contributed by atoms with Gasteiger partial charge >= 0.3 is 0 Å². The van der Waals surface area contributed by atoms with Gasteiger partial charge in [0.2, 0.25) is 0 Å². The fraction of sp³-hybridized carbons (Fsp3) is 0.548. The van der Waals surface area contributed by atoms with E-state index in [4.69, 9.17) is 0 Å². The molecule has 178 valence electrons. The average Bonchev–Trinajstić information content (AvgIpc) is 2.89. The quantitative estimate of drug-likeness (QED) is 0.337. The van der Waals surface area contributed by atoms with Gasteiger partial charge in [-0.15, -0.1) is 0 Å². The van der Waals surface area contributed by atoms with E-state index in [0.717, 1.165) is 18.4 Å². The van der Waals surface area contributed by atoms with Crippen LogP contribution >= 0.6 is 0 Å². The molecule has 2 fully saturated rings. The molecule has 0 bridgehead atoms. The second kappa shape index (κ2) is 13.7. The maximum atomic E-state index is 2.69. The average molecular weight is 445 g/mol. The molecule has 1 heterocycles. The van der Waals surface area contributed by atoms with Crippen LogP contribution in [0.3, 0.4) is 0 Å². The van der Waals surface area contributed by atoms with E-state index in [-0.39, 0.29) is 0 Å². The highest BCUT2D eigenvalue weighted by atomic mass is 15.3. The van der Waals surface area contributed by atoms with E-state index in [9.17, 15) is 0 Å². The third-order valence-electron chi connectivity index (χ3n) is 7.87. The molecule has 2 aromatic rings. The van der Waals surface area contributed by atoms with Crippen LogP contribution in [0.1, 0.15) is 74.8 Å². The lowest BCUT2D eigenvalue weighted by Gasteiger charge is -2.34. The summed E-state index contributed by atoms with van der Waals surface area (Å²) in [6.45, 7) is 7.23. The maximum absolute atomic E-state index is 2.69. The molecule has 33 heavy (non-hydrogen) atoms. The van der Waals surface area contributed by atoms with Crippen LogP contribution in [0.25, 0.3) is 6.08 Å². The summed E-state index contributed by atoms with van der Waals surface area (Å²) in [5.41, 5.74) is 2.90. The zero-order valence-corrected chi connectivity index (χ0v) is 20.6. The molecule has 1 aliphatic heterocycles. The lowest BCUT2D eigenvalue weighted by Crippen LogP contribution is -2.46. The molecule has 1 saturated carbocycles. The molecule has 0 spiro atoms. The van der Waals surface area contributed by atoms with Gasteiger partial charge in [0.15, 0.2) is 0 Å². The summed E-state index contributed by atoms with van der Waals surface area (Å²) in [6, 6.07) is 22.0. The summed E-state index contributed by atoms with van der Waals surface area (Å²) < 4.78 is 0. The first kappa shape index (κ1) is 24.2. The Labute approximate surface area is 202 Å². The zero-order valence-electron chi connectivity index (χ0n) is 20.6. The minimum atomic E-state index is 0.791. The second-order valence-electron chi connectivity index (χ2n) is 10.2. The Kier molecular flexibility index (Phi) is 10.1. The van der Waals surface area contributed by atoms with Crippen molar-refractivity contribution in [1.29, 1.82) is 0 Å². The van der Waals surface area contributed by atoms with Crippen molar-refractivity contribution < 1.29 is 0 Å². The van der Waals surface area contributed by atoms with Crippen molar-refractivity contribution in [2.45, 2.75) is 63.7 Å². The molecule has 0 aromatic heterocycles. The van der Waals surface area contributed by atoms with Gasteiger partial charge in [-0.2, -0.15) is 0 Å². The second-order valence-corrected chi connectivity index (χ2v) is 10.2. The minimum absolute atomic E-state index is 0.791. The van der Waals surface area contributed by atoms with Crippen molar-refractivity contribution in [2.75, 3.05) is 39.3 Å². The van der Waals surface area contributed by atoms with Gasteiger partial charge in [-0.05, 0) is 55.2 Å². The van der Waals surface area contributed by atoms with Crippen molar-refractivity contribution in [1.82, 2.24) is 9.80 Å². The van der Waals surface area contributed by atoms with Crippen molar-refractivity contribution in [2.24, 2.45) is 5.92 Å². The number of rotatable bonds is 11. The molecule has 0 radical (unpaired) electrons. The van der Waals surface area contributed by atoms with Gasteiger partial charge < -0.3 is 4.90 Å². The van der Waals surface area contributed by atoms with Crippen molar-refractivity contribution in [3.8, 4) is 0 Å². The fourth-order valence-electron chi connectivity index (χ4n) is 5.89.